The number of nitrogens with zero attached hydrogens (tertiary/aromatic N) is 2. The quantitative estimate of drug-likeness (QED) is 0.515. The molecule has 3 aromatic carbocycles. The molecule has 1 atom stereocenters. The molecular formula is C27H30N2O3. The van der Waals surface area contributed by atoms with Gasteiger partial charge in [-0.15, -0.1) is 0 Å². The van der Waals surface area contributed by atoms with Crippen LogP contribution < -0.4 is 4.74 Å². The molecule has 0 spiro atoms. The Hall–Kier alpha value is -3.31. The van der Waals surface area contributed by atoms with Crippen molar-refractivity contribution in [3.63, 3.8) is 0 Å². The van der Waals surface area contributed by atoms with Crippen LogP contribution in [0.15, 0.2) is 84.9 Å². The van der Waals surface area contributed by atoms with Crippen molar-refractivity contribution < 1.29 is 14.6 Å². The smallest absolute Gasteiger partial charge is 0.407 e. The van der Waals surface area contributed by atoms with Crippen LogP contribution in [-0.4, -0.2) is 46.7 Å². The van der Waals surface area contributed by atoms with Crippen molar-refractivity contribution in [2.24, 2.45) is 0 Å². The molecule has 0 fully saturated rings. The molecule has 0 bridgehead atoms. The second-order valence-electron chi connectivity index (χ2n) is 8.30. The van der Waals surface area contributed by atoms with E-state index in [9.17, 15) is 9.90 Å². The number of amides is 1. The molecule has 0 aliphatic carbocycles. The molecule has 5 nitrogen and oxygen atoms in total. The fourth-order valence-electron chi connectivity index (χ4n) is 4.18. The maximum absolute atomic E-state index is 12.0. The second-order valence-corrected chi connectivity index (χ2v) is 8.30. The maximum atomic E-state index is 12.0. The van der Waals surface area contributed by atoms with Crippen LogP contribution in [0.4, 0.5) is 4.79 Å². The van der Waals surface area contributed by atoms with Gasteiger partial charge in [0, 0.05) is 26.2 Å². The molecule has 5 heteroatoms. The van der Waals surface area contributed by atoms with Gasteiger partial charge in [0.2, 0.25) is 0 Å². The number of ether oxygens (including phenoxy) is 1. The van der Waals surface area contributed by atoms with Crippen LogP contribution in [0, 0.1) is 0 Å². The van der Waals surface area contributed by atoms with Crippen molar-refractivity contribution in [2.45, 2.75) is 32.0 Å². The molecule has 1 unspecified atom stereocenters. The molecule has 3 aromatic rings. The molecule has 1 N–H and O–H groups in total. The van der Waals surface area contributed by atoms with Gasteiger partial charge in [0.25, 0.3) is 0 Å². The summed E-state index contributed by atoms with van der Waals surface area (Å²) >= 11 is 0. The van der Waals surface area contributed by atoms with E-state index >= 15 is 0 Å². The molecule has 1 aliphatic heterocycles. The van der Waals surface area contributed by atoms with E-state index in [1.165, 1.54) is 21.6 Å². The highest BCUT2D eigenvalue weighted by Gasteiger charge is 2.24. The van der Waals surface area contributed by atoms with Gasteiger partial charge in [-0.1, -0.05) is 78.9 Å². The van der Waals surface area contributed by atoms with Crippen LogP contribution in [0.3, 0.4) is 0 Å². The summed E-state index contributed by atoms with van der Waals surface area (Å²) in [4.78, 5) is 15.8. The molecule has 1 aliphatic rings. The van der Waals surface area contributed by atoms with Gasteiger partial charge >= 0.3 is 6.09 Å². The Bertz CT molecular complexity index is 953. The van der Waals surface area contributed by atoms with Crippen LogP contribution in [0.2, 0.25) is 0 Å². The average molecular weight is 431 g/mol. The van der Waals surface area contributed by atoms with E-state index in [1.807, 2.05) is 54.6 Å². The molecule has 1 heterocycles. The monoisotopic (exact) mass is 430 g/mol. The zero-order valence-corrected chi connectivity index (χ0v) is 18.3. The van der Waals surface area contributed by atoms with Crippen molar-refractivity contribution in [3.05, 3.63) is 102 Å². The Morgan fingerprint density at radius 2 is 1.44 bits per heavy atom. The largest absolute Gasteiger partial charge is 0.488 e. The van der Waals surface area contributed by atoms with Crippen LogP contribution in [0.1, 0.15) is 23.1 Å². The van der Waals surface area contributed by atoms with E-state index in [0.29, 0.717) is 19.6 Å². The van der Waals surface area contributed by atoms with E-state index in [2.05, 4.69) is 35.2 Å². The minimum atomic E-state index is -0.896. The lowest BCUT2D eigenvalue weighted by molar-refractivity contribution is 0.0906. The van der Waals surface area contributed by atoms with Crippen LogP contribution >= 0.6 is 0 Å². The molecule has 1 amide bonds. The Morgan fingerprint density at radius 1 is 0.844 bits per heavy atom. The normalized spacial score (nSPS) is 15.1. The summed E-state index contributed by atoms with van der Waals surface area (Å²) < 4.78 is 6.09. The summed E-state index contributed by atoms with van der Waals surface area (Å²) in [7, 11) is 0. The minimum Gasteiger partial charge on any atom is -0.488 e. The van der Waals surface area contributed by atoms with Crippen LogP contribution in [0.5, 0.6) is 5.75 Å². The molecule has 4 rings (SSSR count). The fourth-order valence-corrected chi connectivity index (χ4v) is 4.18. The van der Waals surface area contributed by atoms with Crippen molar-refractivity contribution in [2.75, 3.05) is 19.6 Å². The first-order valence-corrected chi connectivity index (χ1v) is 11.2. The SMILES string of the molecule is O=C(O)N(CCN(Cc1ccccc1)Cc1ccccc1)CC1CCc2ccccc2O1. The van der Waals surface area contributed by atoms with E-state index in [1.54, 1.807) is 0 Å². The third kappa shape index (κ3) is 6.11. The fraction of sp³-hybridized carbons (Fsp3) is 0.296. The van der Waals surface area contributed by atoms with E-state index < -0.39 is 6.09 Å². The summed E-state index contributed by atoms with van der Waals surface area (Å²) in [5.41, 5.74) is 3.64. The Balaban J connectivity index is 1.39. The average Bonchev–Trinajstić information content (AvgIpc) is 2.82. The Labute approximate surface area is 189 Å². The van der Waals surface area contributed by atoms with Gasteiger partial charge in [-0.2, -0.15) is 0 Å². The lowest BCUT2D eigenvalue weighted by atomic mass is 10.0. The zero-order valence-electron chi connectivity index (χ0n) is 18.3. The number of carbonyl (C=O) groups is 1. The molecule has 0 aromatic heterocycles. The highest BCUT2D eigenvalue weighted by Crippen LogP contribution is 2.27. The predicted octanol–water partition coefficient (Wildman–Crippen LogP) is 5.06. The predicted molar refractivity (Wildman–Crippen MR) is 126 cm³/mol. The number of rotatable bonds is 9. The third-order valence-corrected chi connectivity index (χ3v) is 5.88. The number of hydrogen-bond acceptors (Lipinski definition) is 3. The Kier molecular flexibility index (Phi) is 7.41. The van der Waals surface area contributed by atoms with Crippen LogP contribution in [0.25, 0.3) is 0 Å². The van der Waals surface area contributed by atoms with Gasteiger partial charge in [0.05, 0.1) is 6.54 Å². The number of aryl methyl sites for hydroxylation is 1. The number of para-hydroxylation sites is 1. The molecule has 0 radical (unpaired) electrons. The summed E-state index contributed by atoms with van der Waals surface area (Å²) in [6.45, 7) is 3.02. The highest BCUT2D eigenvalue weighted by molar-refractivity contribution is 5.65. The molecule has 166 valence electrons. The van der Waals surface area contributed by atoms with Gasteiger partial charge in [-0.05, 0) is 35.6 Å². The van der Waals surface area contributed by atoms with E-state index in [-0.39, 0.29) is 6.10 Å². The van der Waals surface area contributed by atoms with Gasteiger partial charge < -0.3 is 14.7 Å². The van der Waals surface area contributed by atoms with Crippen molar-refractivity contribution in [1.82, 2.24) is 9.80 Å². The zero-order chi connectivity index (χ0) is 22.2. The van der Waals surface area contributed by atoms with Crippen molar-refractivity contribution in [3.8, 4) is 5.75 Å². The van der Waals surface area contributed by atoms with Gasteiger partial charge in [-0.3, -0.25) is 4.90 Å². The summed E-state index contributed by atoms with van der Waals surface area (Å²) in [5.74, 6) is 0.879. The lowest BCUT2D eigenvalue weighted by Gasteiger charge is -2.31. The first kappa shape index (κ1) is 21.9. The number of benzene rings is 3. The molecule has 32 heavy (non-hydrogen) atoms. The van der Waals surface area contributed by atoms with E-state index in [4.69, 9.17) is 4.74 Å². The number of fused-ring (bicyclic) bond motifs is 1. The first-order valence-electron chi connectivity index (χ1n) is 11.2. The highest BCUT2D eigenvalue weighted by atomic mass is 16.5. The second kappa shape index (κ2) is 10.8. The van der Waals surface area contributed by atoms with Crippen molar-refractivity contribution >= 4 is 6.09 Å². The first-order chi connectivity index (χ1) is 15.7. The molecule has 0 saturated heterocycles. The molecule has 0 saturated carbocycles. The lowest BCUT2D eigenvalue weighted by Crippen LogP contribution is -2.44. The summed E-state index contributed by atoms with van der Waals surface area (Å²) in [6, 6.07) is 28.6. The van der Waals surface area contributed by atoms with Gasteiger partial charge in [0.1, 0.15) is 11.9 Å². The number of carboxylic acid groups (broad SMARTS) is 1. The maximum Gasteiger partial charge on any atom is 0.407 e. The third-order valence-electron chi connectivity index (χ3n) is 5.88. The van der Waals surface area contributed by atoms with Gasteiger partial charge in [-0.25, -0.2) is 4.79 Å². The summed E-state index contributed by atoms with van der Waals surface area (Å²) in [5, 5.41) is 9.84. The Morgan fingerprint density at radius 3 is 2.06 bits per heavy atom. The van der Waals surface area contributed by atoms with Gasteiger partial charge in [0.15, 0.2) is 0 Å². The van der Waals surface area contributed by atoms with Crippen LogP contribution in [-0.2, 0) is 19.5 Å². The van der Waals surface area contributed by atoms with E-state index in [0.717, 1.165) is 31.7 Å². The van der Waals surface area contributed by atoms with Crippen molar-refractivity contribution in [1.29, 1.82) is 0 Å². The number of hydrogen-bond donors (Lipinski definition) is 1. The molecular weight excluding hydrogens is 400 g/mol. The minimum absolute atomic E-state index is 0.113. The summed E-state index contributed by atoms with van der Waals surface area (Å²) in [6.07, 6.45) is 0.741. The standard InChI is InChI=1S/C27H30N2O3/c30-27(31)29(21-25-16-15-24-13-7-8-14-26(24)32-25)18-17-28(19-22-9-3-1-4-10-22)20-23-11-5-2-6-12-23/h1-14,25H,15-21H2,(H,30,31). The topological polar surface area (TPSA) is 53.0 Å².